The standard InChI is InChI=1S/C11H21NO4/c1-9(5-4-8-13)12-10(14)6-2-3-7-11(15)16/h9,13H,2-8H2,1H3,(H,12,14)(H,15,16). The molecule has 94 valence electrons. The maximum Gasteiger partial charge on any atom is 0.303 e. The summed E-state index contributed by atoms with van der Waals surface area (Å²) in [5, 5.41) is 19.8. The Bertz CT molecular complexity index is 218. The van der Waals surface area contributed by atoms with Crippen LogP contribution in [-0.2, 0) is 9.59 Å². The molecule has 0 radical (unpaired) electrons. The van der Waals surface area contributed by atoms with Gasteiger partial charge in [0, 0.05) is 25.5 Å². The molecule has 0 aliphatic heterocycles. The van der Waals surface area contributed by atoms with E-state index in [9.17, 15) is 9.59 Å². The number of aliphatic hydroxyl groups excluding tert-OH is 1. The van der Waals surface area contributed by atoms with Gasteiger partial charge >= 0.3 is 5.97 Å². The largest absolute Gasteiger partial charge is 0.481 e. The van der Waals surface area contributed by atoms with Crippen LogP contribution in [0, 0.1) is 0 Å². The highest BCUT2D eigenvalue weighted by molar-refractivity contribution is 5.76. The Morgan fingerprint density at radius 1 is 1.19 bits per heavy atom. The lowest BCUT2D eigenvalue weighted by molar-refractivity contribution is -0.137. The summed E-state index contributed by atoms with van der Waals surface area (Å²) < 4.78 is 0. The Morgan fingerprint density at radius 3 is 2.38 bits per heavy atom. The fourth-order valence-electron chi connectivity index (χ4n) is 1.38. The summed E-state index contributed by atoms with van der Waals surface area (Å²) >= 11 is 0. The van der Waals surface area contributed by atoms with Crippen LogP contribution in [0.4, 0.5) is 0 Å². The molecular formula is C11H21NO4. The molecule has 0 aliphatic rings. The molecule has 1 amide bonds. The SMILES string of the molecule is CC(CCCO)NC(=O)CCCCC(=O)O. The van der Waals surface area contributed by atoms with Crippen LogP contribution < -0.4 is 5.32 Å². The predicted octanol–water partition coefficient (Wildman–Crippen LogP) is 0.909. The lowest BCUT2D eigenvalue weighted by Gasteiger charge is -2.12. The predicted molar refractivity (Wildman–Crippen MR) is 60.0 cm³/mol. The van der Waals surface area contributed by atoms with E-state index < -0.39 is 5.97 Å². The topological polar surface area (TPSA) is 86.6 Å². The van der Waals surface area contributed by atoms with E-state index >= 15 is 0 Å². The summed E-state index contributed by atoms with van der Waals surface area (Å²) in [6.07, 6.45) is 3.07. The molecule has 0 aromatic rings. The van der Waals surface area contributed by atoms with E-state index in [1.807, 2.05) is 6.92 Å². The van der Waals surface area contributed by atoms with Crippen molar-refractivity contribution in [2.24, 2.45) is 0 Å². The van der Waals surface area contributed by atoms with E-state index in [1.54, 1.807) is 0 Å². The second-order valence-electron chi connectivity index (χ2n) is 3.94. The molecule has 16 heavy (non-hydrogen) atoms. The molecule has 0 bridgehead atoms. The van der Waals surface area contributed by atoms with Crippen molar-refractivity contribution >= 4 is 11.9 Å². The van der Waals surface area contributed by atoms with Crippen LogP contribution >= 0.6 is 0 Å². The number of rotatable bonds is 9. The van der Waals surface area contributed by atoms with Crippen molar-refractivity contribution in [2.45, 2.75) is 51.5 Å². The van der Waals surface area contributed by atoms with E-state index in [0.717, 1.165) is 6.42 Å². The zero-order chi connectivity index (χ0) is 12.4. The first-order valence-electron chi connectivity index (χ1n) is 5.68. The zero-order valence-corrected chi connectivity index (χ0v) is 9.74. The molecular weight excluding hydrogens is 210 g/mol. The second kappa shape index (κ2) is 9.15. The van der Waals surface area contributed by atoms with Crippen LogP contribution in [0.5, 0.6) is 0 Å². The van der Waals surface area contributed by atoms with E-state index in [2.05, 4.69) is 5.32 Å². The van der Waals surface area contributed by atoms with Crippen LogP contribution in [0.2, 0.25) is 0 Å². The monoisotopic (exact) mass is 231 g/mol. The minimum atomic E-state index is -0.822. The van der Waals surface area contributed by atoms with Gasteiger partial charge in [0.15, 0.2) is 0 Å². The van der Waals surface area contributed by atoms with Gasteiger partial charge in [-0.25, -0.2) is 0 Å². The number of carboxylic acids is 1. The molecule has 0 aromatic carbocycles. The number of carbonyl (C=O) groups is 2. The van der Waals surface area contributed by atoms with Gasteiger partial charge in [0.2, 0.25) is 5.91 Å². The number of carboxylic acid groups (broad SMARTS) is 1. The molecule has 0 aromatic heterocycles. The number of unbranched alkanes of at least 4 members (excludes halogenated alkanes) is 1. The number of aliphatic carboxylic acids is 1. The quantitative estimate of drug-likeness (QED) is 0.515. The van der Waals surface area contributed by atoms with Crippen molar-refractivity contribution in [3.63, 3.8) is 0 Å². The van der Waals surface area contributed by atoms with E-state index in [4.69, 9.17) is 10.2 Å². The van der Waals surface area contributed by atoms with Gasteiger partial charge in [0.25, 0.3) is 0 Å². The minimum absolute atomic E-state index is 0.0455. The first kappa shape index (κ1) is 14.9. The molecule has 5 nitrogen and oxygen atoms in total. The van der Waals surface area contributed by atoms with Gasteiger partial charge in [0.05, 0.1) is 0 Å². The molecule has 0 rings (SSSR count). The van der Waals surface area contributed by atoms with Gasteiger partial charge in [-0.3, -0.25) is 9.59 Å². The Morgan fingerprint density at radius 2 is 1.81 bits per heavy atom. The number of carbonyl (C=O) groups excluding carboxylic acids is 1. The Balaban J connectivity index is 3.46. The Kier molecular flexibility index (Phi) is 8.52. The fourth-order valence-corrected chi connectivity index (χ4v) is 1.38. The van der Waals surface area contributed by atoms with Gasteiger partial charge in [-0.05, 0) is 32.6 Å². The van der Waals surface area contributed by atoms with Gasteiger partial charge in [0.1, 0.15) is 0 Å². The van der Waals surface area contributed by atoms with E-state index in [0.29, 0.717) is 25.7 Å². The average Bonchev–Trinajstić information content (AvgIpc) is 2.21. The molecule has 3 N–H and O–H groups in total. The first-order valence-corrected chi connectivity index (χ1v) is 5.68. The summed E-state index contributed by atoms with van der Waals surface area (Å²) in [5.41, 5.74) is 0. The van der Waals surface area contributed by atoms with E-state index in [1.165, 1.54) is 0 Å². The van der Waals surface area contributed by atoms with E-state index in [-0.39, 0.29) is 25.0 Å². The van der Waals surface area contributed by atoms with Crippen molar-refractivity contribution in [3.8, 4) is 0 Å². The van der Waals surface area contributed by atoms with Gasteiger partial charge in [-0.1, -0.05) is 0 Å². The van der Waals surface area contributed by atoms with Crippen LogP contribution in [0.25, 0.3) is 0 Å². The Hall–Kier alpha value is -1.10. The van der Waals surface area contributed by atoms with Crippen molar-refractivity contribution in [1.29, 1.82) is 0 Å². The minimum Gasteiger partial charge on any atom is -0.481 e. The molecule has 0 heterocycles. The lowest BCUT2D eigenvalue weighted by Crippen LogP contribution is -2.32. The van der Waals surface area contributed by atoms with Crippen molar-refractivity contribution in [1.82, 2.24) is 5.32 Å². The molecule has 0 aliphatic carbocycles. The number of aliphatic hydroxyl groups is 1. The summed E-state index contributed by atoms with van der Waals surface area (Å²) in [5.74, 6) is -0.868. The third-order valence-electron chi connectivity index (χ3n) is 2.25. The highest BCUT2D eigenvalue weighted by Crippen LogP contribution is 2.01. The highest BCUT2D eigenvalue weighted by Gasteiger charge is 2.07. The molecule has 5 heteroatoms. The number of hydrogen-bond acceptors (Lipinski definition) is 3. The summed E-state index contributed by atoms with van der Waals surface area (Å²) in [4.78, 5) is 21.6. The maximum absolute atomic E-state index is 11.3. The third-order valence-corrected chi connectivity index (χ3v) is 2.25. The van der Waals surface area contributed by atoms with Gasteiger partial charge < -0.3 is 15.5 Å². The molecule has 0 fully saturated rings. The van der Waals surface area contributed by atoms with Crippen molar-refractivity contribution < 1.29 is 19.8 Å². The Labute approximate surface area is 95.9 Å². The van der Waals surface area contributed by atoms with Crippen molar-refractivity contribution in [3.05, 3.63) is 0 Å². The first-order chi connectivity index (χ1) is 7.56. The van der Waals surface area contributed by atoms with Crippen LogP contribution in [0.1, 0.15) is 45.4 Å². The second-order valence-corrected chi connectivity index (χ2v) is 3.94. The summed E-state index contributed by atoms with van der Waals surface area (Å²) in [6.45, 7) is 2.03. The maximum atomic E-state index is 11.3. The molecule has 1 unspecified atom stereocenters. The summed E-state index contributed by atoms with van der Waals surface area (Å²) in [7, 11) is 0. The van der Waals surface area contributed by atoms with Gasteiger partial charge in [-0.15, -0.1) is 0 Å². The average molecular weight is 231 g/mol. The summed E-state index contributed by atoms with van der Waals surface area (Å²) in [6, 6.07) is 0.0686. The molecule has 0 saturated heterocycles. The number of amides is 1. The number of nitrogens with one attached hydrogen (secondary N) is 1. The molecule has 0 spiro atoms. The van der Waals surface area contributed by atoms with Crippen LogP contribution in [0.15, 0.2) is 0 Å². The van der Waals surface area contributed by atoms with Crippen LogP contribution in [0.3, 0.4) is 0 Å². The molecule has 1 atom stereocenters. The van der Waals surface area contributed by atoms with Crippen molar-refractivity contribution in [2.75, 3.05) is 6.61 Å². The molecule has 0 saturated carbocycles. The smallest absolute Gasteiger partial charge is 0.303 e. The van der Waals surface area contributed by atoms with Crippen LogP contribution in [-0.4, -0.2) is 34.7 Å². The van der Waals surface area contributed by atoms with Gasteiger partial charge in [-0.2, -0.15) is 0 Å². The zero-order valence-electron chi connectivity index (χ0n) is 9.74. The lowest BCUT2D eigenvalue weighted by atomic mass is 10.1. The number of hydrogen-bond donors (Lipinski definition) is 3. The third kappa shape index (κ3) is 9.45. The fraction of sp³-hybridized carbons (Fsp3) is 0.818. The highest BCUT2D eigenvalue weighted by atomic mass is 16.4. The normalized spacial score (nSPS) is 12.1.